The molecule has 0 fully saturated rings. The van der Waals surface area contributed by atoms with Crippen LogP contribution in [0.4, 0.5) is 23.0 Å². The minimum atomic E-state index is 0.327. The van der Waals surface area contributed by atoms with Gasteiger partial charge >= 0.3 is 0 Å². The Morgan fingerprint density at radius 3 is 2.43 bits per heavy atom. The molecule has 0 spiro atoms. The van der Waals surface area contributed by atoms with Crippen LogP contribution in [-0.2, 0) is 0 Å². The molecule has 2 N–H and O–H groups in total. The summed E-state index contributed by atoms with van der Waals surface area (Å²) in [6.07, 6.45) is 1.58. The van der Waals surface area contributed by atoms with E-state index in [9.17, 15) is 0 Å². The van der Waals surface area contributed by atoms with Crippen LogP contribution >= 0.6 is 0 Å². The highest BCUT2D eigenvalue weighted by Gasteiger charge is 2.14. The van der Waals surface area contributed by atoms with Crippen molar-refractivity contribution in [2.24, 2.45) is 0 Å². The van der Waals surface area contributed by atoms with Gasteiger partial charge in [0.05, 0.1) is 0 Å². The fourth-order valence-corrected chi connectivity index (χ4v) is 2.24. The lowest BCUT2D eigenvalue weighted by Gasteiger charge is -2.18. The van der Waals surface area contributed by atoms with Crippen LogP contribution < -0.4 is 15.5 Å². The third-order valence-corrected chi connectivity index (χ3v) is 3.32. The first-order chi connectivity index (χ1) is 10.0. The Morgan fingerprint density at radius 2 is 1.81 bits per heavy atom. The molecule has 0 radical (unpaired) electrons. The number of benzene rings is 1. The molecule has 2 rings (SSSR count). The van der Waals surface area contributed by atoms with E-state index >= 15 is 0 Å². The molecule has 5 heteroatoms. The van der Waals surface area contributed by atoms with Crippen molar-refractivity contribution in [3.05, 3.63) is 36.2 Å². The first kappa shape index (κ1) is 15.1. The lowest BCUT2D eigenvalue weighted by atomic mass is 10.0. The highest BCUT2D eigenvalue weighted by atomic mass is 15.1. The molecule has 0 saturated heterocycles. The third kappa shape index (κ3) is 3.42. The second-order valence-corrected chi connectivity index (χ2v) is 5.46. The van der Waals surface area contributed by atoms with Crippen LogP contribution in [0, 0.1) is 0 Å². The number of anilines is 4. The van der Waals surface area contributed by atoms with E-state index in [2.05, 4.69) is 51.5 Å². The maximum atomic E-state index is 4.40. The summed E-state index contributed by atoms with van der Waals surface area (Å²) in [5.41, 5.74) is 3.26. The maximum Gasteiger partial charge on any atom is 0.139 e. The molecule has 0 aliphatic carbocycles. The van der Waals surface area contributed by atoms with Crippen molar-refractivity contribution in [2.45, 2.75) is 19.8 Å². The minimum Gasteiger partial charge on any atom is -0.378 e. The zero-order valence-electron chi connectivity index (χ0n) is 13.3. The summed E-state index contributed by atoms with van der Waals surface area (Å²) in [5, 5.41) is 6.54. The van der Waals surface area contributed by atoms with E-state index < -0.39 is 0 Å². The lowest BCUT2D eigenvalue weighted by Crippen LogP contribution is -2.09. The molecule has 0 unspecified atom stereocenters. The Morgan fingerprint density at radius 1 is 1.10 bits per heavy atom. The predicted molar refractivity (Wildman–Crippen MR) is 89.7 cm³/mol. The molecule has 0 aliphatic heterocycles. The molecule has 1 aromatic carbocycles. The van der Waals surface area contributed by atoms with Gasteiger partial charge in [-0.1, -0.05) is 19.9 Å². The first-order valence-electron chi connectivity index (χ1n) is 7.10. The Bertz CT molecular complexity index is 607. The normalized spacial score (nSPS) is 10.6. The average molecular weight is 285 g/mol. The van der Waals surface area contributed by atoms with Crippen molar-refractivity contribution >= 4 is 23.0 Å². The maximum absolute atomic E-state index is 4.40. The van der Waals surface area contributed by atoms with Gasteiger partial charge in [-0.25, -0.2) is 9.97 Å². The number of nitrogens with one attached hydrogen (secondary N) is 2. The van der Waals surface area contributed by atoms with Crippen LogP contribution in [0.15, 0.2) is 30.6 Å². The van der Waals surface area contributed by atoms with Gasteiger partial charge in [-0.15, -0.1) is 0 Å². The summed E-state index contributed by atoms with van der Waals surface area (Å²) in [7, 11) is 5.94. The molecule has 1 heterocycles. The van der Waals surface area contributed by atoms with Gasteiger partial charge in [0.2, 0.25) is 0 Å². The minimum absolute atomic E-state index is 0.327. The summed E-state index contributed by atoms with van der Waals surface area (Å²) in [5.74, 6) is 2.04. The van der Waals surface area contributed by atoms with Crippen molar-refractivity contribution in [2.75, 3.05) is 36.7 Å². The molecule has 0 saturated carbocycles. The number of nitrogens with zero attached hydrogens (tertiary/aromatic N) is 3. The van der Waals surface area contributed by atoms with Crippen LogP contribution in [0.3, 0.4) is 0 Å². The van der Waals surface area contributed by atoms with Gasteiger partial charge in [0, 0.05) is 38.1 Å². The third-order valence-electron chi connectivity index (χ3n) is 3.32. The molecule has 0 aliphatic rings. The molecule has 0 amide bonds. The van der Waals surface area contributed by atoms with Crippen LogP contribution in [0.2, 0.25) is 0 Å². The van der Waals surface area contributed by atoms with Crippen LogP contribution in [0.1, 0.15) is 25.3 Å². The number of hydrogen-bond donors (Lipinski definition) is 2. The van der Waals surface area contributed by atoms with Crippen LogP contribution in [0.25, 0.3) is 0 Å². The van der Waals surface area contributed by atoms with E-state index in [4.69, 9.17) is 0 Å². The van der Waals surface area contributed by atoms with Gasteiger partial charge < -0.3 is 15.5 Å². The Kier molecular flexibility index (Phi) is 4.62. The van der Waals surface area contributed by atoms with E-state index in [-0.39, 0.29) is 0 Å². The highest BCUT2D eigenvalue weighted by Crippen LogP contribution is 2.30. The van der Waals surface area contributed by atoms with E-state index in [1.807, 2.05) is 33.3 Å². The second-order valence-electron chi connectivity index (χ2n) is 5.46. The molecule has 0 bridgehead atoms. The summed E-state index contributed by atoms with van der Waals surface area (Å²) in [6, 6.07) is 8.25. The van der Waals surface area contributed by atoms with Crippen molar-refractivity contribution in [3.63, 3.8) is 0 Å². The second kappa shape index (κ2) is 6.43. The summed E-state index contributed by atoms with van der Waals surface area (Å²) in [6.45, 7) is 4.28. The van der Waals surface area contributed by atoms with Crippen molar-refractivity contribution < 1.29 is 0 Å². The van der Waals surface area contributed by atoms with Gasteiger partial charge in [-0.05, 0) is 24.1 Å². The zero-order valence-corrected chi connectivity index (χ0v) is 13.3. The van der Waals surface area contributed by atoms with Gasteiger partial charge in [-0.2, -0.15) is 0 Å². The Balaban J connectivity index is 2.37. The van der Waals surface area contributed by atoms with Gasteiger partial charge in [-0.3, -0.25) is 0 Å². The van der Waals surface area contributed by atoms with E-state index in [0.717, 1.165) is 28.6 Å². The van der Waals surface area contributed by atoms with Crippen LogP contribution in [-0.4, -0.2) is 31.1 Å². The standard InChI is InChI=1S/C16H23N5/c1-11(2)14-15(17-3)18-10-19-16(14)20-12-7-6-8-13(9-12)21(4)5/h6-11H,1-5H3,(H2,17,18,19,20). The van der Waals surface area contributed by atoms with E-state index in [0.29, 0.717) is 5.92 Å². The topological polar surface area (TPSA) is 53.1 Å². The molecule has 112 valence electrons. The Labute approximate surface area is 126 Å². The molecule has 21 heavy (non-hydrogen) atoms. The predicted octanol–water partition coefficient (Wildman–Crippen LogP) is 3.45. The zero-order chi connectivity index (χ0) is 15.4. The first-order valence-corrected chi connectivity index (χ1v) is 7.10. The molecular weight excluding hydrogens is 262 g/mol. The largest absolute Gasteiger partial charge is 0.378 e. The molecule has 5 nitrogen and oxygen atoms in total. The Hall–Kier alpha value is -2.30. The van der Waals surface area contributed by atoms with Gasteiger partial charge in [0.25, 0.3) is 0 Å². The fraction of sp³-hybridized carbons (Fsp3) is 0.375. The average Bonchev–Trinajstić information content (AvgIpc) is 2.46. The molecular formula is C16H23N5. The summed E-state index contributed by atoms with van der Waals surface area (Å²) < 4.78 is 0. The smallest absolute Gasteiger partial charge is 0.139 e. The SMILES string of the molecule is CNc1ncnc(Nc2cccc(N(C)C)c2)c1C(C)C. The van der Waals surface area contributed by atoms with Crippen molar-refractivity contribution in [3.8, 4) is 0 Å². The summed E-state index contributed by atoms with van der Waals surface area (Å²) in [4.78, 5) is 10.8. The van der Waals surface area contributed by atoms with E-state index in [1.165, 1.54) is 0 Å². The number of hydrogen-bond acceptors (Lipinski definition) is 5. The molecule has 1 aromatic heterocycles. The number of rotatable bonds is 5. The molecule has 2 aromatic rings. The van der Waals surface area contributed by atoms with E-state index in [1.54, 1.807) is 6.33 Å². The fourth-order valence-electron chi connectivity index (χ4n) is 2.24. The van der Waals surface area contributed by atoms with Crippen LogP contribution in [0.5, 0.6) is 0 Å². The van der Waals surface area contributed by atoms with Gasteiger partial charge in [0.1, 0.15) is 18.0 Å². The summed E-state index contributed by atoms with van der Waals surface area (Å²) >= 11 is 0. The van der Waals surface area contributed by atoms with Crippen molar-refractivity contribution in [1.29, 1.82) is 0 Å². The van der Waals surface area contributed by atoms with Crippen molar-refractivity contribution in [1.82, 2.24) is 9.97 Å². The lowest BCUT2D eigenvalue weighted by molar-refractivity contribution is 0.852. The molecule has 0 atom stereocenters. The monoisotopic (exact) mass is 285 g/mol. The highest BCUT2D eigenvalue weighted by molar-refractivity contribution is 5.68. The van der Waals surface area contributed by atoms with Gasteiger partial charge in [0.15, 0.2) is 0 Å². The number of aromatic nitrogens is 2. The quantitative estimate of drug-likeness (QED) is 0.881.